The average Bonchev–Trinajstić information content (AvgIpc) is 3.39. The number of rotatable bonds is 11. The van der Waals surface area contributed by atoms with Crippen LogP contribution >= 0.6 is 0 Å². The van der Waals surface area contributed by atoms with Crippen molar-refractivity contribution in [2.24, 2.45) is 0 Å². The molecular weight excluding hydrogens is 495 g/mol. The van der Waals surface area contributed by atoms with Gasteiger partial charge in [0.05, 0.1) is 19.2 Å². The Morgan fingerprint density at radius 2 is 1.77 bits per heavy atom. The van der Waals surface area contributed by atoms with Crippen LogP contribution in [0.25, 0.3) is 10.9 Å². The van der Waals surface area contributed by atoms with Crippen LogP contribution in [0.4, 0.5) is 4.39 Å². The van der Waals surface area contributed by atoms with Gasteiger partial charge in [-0.05, 0) is 71.3 Å². The molecule has 0 aliphatic carbocycles. The summed E-state index contributed by atoms with van der Waals surface area (Å²) in [4.78, 5) is 18.4. The molecule has 8 nitrogen and oxygen atoms in total. The minimum Gasteiger partial charge on any atom is -0.494 e. The number of ether oxygens (including phenoxy) is 1. The minimum atomic E-state index is -0.291. The summed E-state index contributed by atoms with van der Waals surface area (Å²) in [6.07, 6.45) is 0.705. The van der Waals surface area contributed by atoms with Crippen molar-refractivity contribution in [3.63, 3.8) is 0 Å². The zero-order valence-electron chi connectivity index (χ0n) is 22.0. The van der Waals surface area contributed by atoms with E-state index < -0.39 is 0 Å². The first-order valence-corrected chi connectivity index (χ1v) is 13.1. The minimum absolute atomic E-state index is 0.158. The molecule has 200 valence electrons. The smallest absolute Gasteiger partial charge is 0.252 e. The summed E-state index contributed by atoms with van der Waals surface area (Å²) in [6, 6.07) is 23.8. The summed E-state index contributed by atoms with van der Waals surface area (Å²) < 4.78 is 21.1. The highest BCUT2D eigenvalue weighted by molar-refractivity contribution is 5.80. The van der Waals surface area contributed by atoms with Crippen LogP contribution in [0.5, 0.6) is 5.75 Å². The topological polar surface area (TPSA) is 88.9 Å². The molecule has 1 N–H and O–H groups in total. The molecule has 39 heavy (non-hydrogen) atoms. The van der Waals surface area contributed by atoms with Gasteiger partial charge in [0.15, 0.2) is 5.82 Å². The highest BCUT2D eigenvalue weighted by Gasteiger charge is 2.26. The molecule has 2 heterocycles. The third-order valence-electron chi connectivity index (χ3n) is 6.74. The van der Waals surface area contributed by atoms with Gasteiger partial charge in [-0.15, -0.1) is 5.10 Å². The largest absolute Gasteiger partial charge is 0.494 e. The average molecular weight is 527 g/mol. The number of fused-ring (bicyclic) bond motifs is 1. The summed E-state index contributed by atoms with van der Waals surface area (Å²) in [7, 11) is 0. The van der Waals surface area contributed by atoms with Crippen molar-refractivity contribution >= 4 is 10.9 Å². The lowest BCUT2D eigenvalue weighted by Crippen LogP contribution is -2.32. The lowest BCUT2D eigenvalue weighted by Gasteiger charge is -2.30. The van der Waals surface area contributed by atoms with Gasteiger partial charge in [0, 0.05) is 29.6 Å². The highest BCUT2D eigenvalue weighted by Crippen LogP contribution is 2.27. The van der Waals surface area contributed by atoms with E-state index in [1.165, 1.54) is 12.1 Å². The van der Waals surface area contributed by atoms with Gasteiger partial charge in [0.25, 0.3) is 5.56 Å². The molecule has 3 aromatic carbocycles. The first kappa shape index (κ1) is 26.2. The van der Waals surface area contributed by atoms with Crippen LogP contribution in [0.3, 0.4) is 0 Å². The SMILES string of the molecule is CCOc1ccc2[nH]c(=O)c(CN(Cc3ccc(F)cc3)[C@@H](CC)c3nnnn3Cc3ccccc3)cc2c1. The van der Waals surface area contributed by atoms with E-state index in [-0.39, 0.29) is 17.4 Å². The van der Waals surface area contributed by atoms with Crippen molar-refractivity contribution in [2.75, 3.05) is 6.61 Å². The zero-order chi connectivity index (χ0) is 27.2. The second-order valence-electron chi connectivity index (χ2n) is 9.44. The molecular formula is C30H31FN6O2. The second kappa shape index (κ2) is 12.0. The monoisotopic (exact) mass is 526 g/mol. The van der Waals surface area contributed by atoms with Gasteiger partial charge in [-0.1, -0.05) is 49.4 Å². The summed E-state index contributed by atoms with van der Waals surface area (Å²) in [6.45, 7) is 5.92. The van der Waals surface area contributed by atoms with Crippen molar-refractivity contribution < 1.29 is 9.13 Å². The standard InChI is InChI=1S/C30H31FN6O2/c1-3-28(29-33-34-35-37(29)19-21-8-6-5-7-9-21)36(18-22-10-12-25(31)13-11-22)20-24-16-23-17-26(39-4-2)14-15-27(23)32-30(24)38/h5-17,28H,3-4,18-20H2,1-2H3,(H,32,38)/t28-/m0/s1. The Hall–Kier alpha value is -4.37. The number of benzene rings is 3. The number of halogens is 1. The molecule has 0 aliphatic rings. The van der Waals surface area contributed by atoms with Gasteiger partial charge < -0.3 is 9.72 Å². The summed E-state index contributed by atoms with van der Waals surface area (Å²) in [5.74, 6) is 1.16. The van der Waals surface area contributed by atoms with Crippen molar-refractivity contribution in [2.45, 2.75) is 45.9 Å². The van der Waals surface area contributed by atoms with E-state index in [0.29, 0.717) is 44.0 Å². The molecule has 9 heteroatoms. The Morgan fingerprint density at radius 1 is 0.974 bits per heavy atom. The molecule has 0 saturated carbocycles. The predicted octanol–water partition coefficient (Wildman–Crippen LogP) is 5.25. The molecule has 0 saturated heterocycles. The Labute approximate surface area is 226 Å². The maximum absolute atomic E-state index is 13.7. The lowest BCUT2D eigenvalue weighted by molar-refractivity contribution is 0.161. The van der Waals surface area contributed by atoms with E-state index in [4.69, 9.17) is 4.74 Å². The van der Waals surface area contributed by atoms with Crippen LogP contribution < -0.4 is 10.3 Å². The van der Waals surface area contributed by atoms with E-state index in [0.717, 1.165) is 27.8 Å². The van der Waals surface area contributed by atoms with Gasteiger partial charge in [0.2, 0.25) is 0 Å². The summed E-state index contributed by atoms with van der Waals surface area (Å²) >= 11 is 0. The third-order valence-corrected chi connectivity index (χ3v) is 6.74. The Balaban J connectivity index is 1.52. The number of aromatic amines is 1. The lowest BCUT2D eigenvalue weighted by atomic mass is 10.1. The molecule has 1 atom stereocenters. The maximum Gasteiger partial charge on any atom is 0.252 e. The van der Waals surface area contributed by atoms with Crippen LogP contribution in [0.2, 0.25) is 0 Å². The molecule has 0 unspecified atom stereocenters. The molecule has 0 aliphatic heterocycles. The molecule has 0 radical (unpaired) electrons. The van der Waals surface area contributed by atoms with Crippen LogP contribution in [0.1, 0.15) is 48.8 Å². The van der Waals surface area contributed by atoms with Crippen molar-refractivity contribution in [3.8, 4) is 5.75 Å². The highest BCUT2D eigenvalue weighted by atomic mass is 19.1. The maximum atomic E-state index is 13.7. The second-order valence-corrected chi connectivity index (χ2v) is 9.44. The Kier molecular flexibility index (Phi) is 8.07. The zero-order valence-corrected chi connectivity index (χ0v) is 22.0. The number of hydrogen-bond donors (Lipinski definition) is 1. The van der Waals surface area contributed by atoms with Crippen LogP contribution in [-0.4, -0.2) is 36.7 Å². The Morgan fingerprint density at radius 3 is 2.51 bits per heavy atom. The molecule has 0 bridgehead atoms. The van der Waals surface area contributed by atoms with E-state index >= 15 is 0 Å². The normalized spacial score (nSPS) is 12.2. The van der Waals surface area contributed by atoms with Gasteiger partial charge in [0.1, 0.15) is 11.6 Å². The van der Waals surface area contributed by atoms with E-state index in [1.807, 2.05) is 61.5 Å². The van der Waals surface area contributed by atoms with Gasteiger partial charge in [-0.3, -0.25) is 9.69 Å². The first-order chi connectivity index (χ1) is 19.0. The van der Waals surface area contributed by atoms with Crippen molar-refractivity contribution in [3.05, 3.63) is 118 Å². The quantitative estimate of drug-likeness (QED) is 0.253. The van der Waals surface area contributed by atoms with Crippen LogP contribution in [0.15, 0.2) is 83.7 Å². The molecule has 0 spiro atoms. The van der Waals surface area contributed by atoms with E-state index in [9.17, 15) is 9.18 Å². The van der Waals surface area contributed by atoms with Crippen LogP contribution in [0, 0.1) is 5.82 Å². The van der Waals surface area contributed by atoms with Crippen LogP contribution in [-0.2, 0) is 19.6 Å². The number of pyridine rings is 1. The van der Waals surface area contributed by atoms with Gasteiger partial charge >= 0.3 is 0 Å². The Bertz CT molecular complexity index is 1580. The molecule has 5 rings (SSSR count). The van der Waals surface area contributed by atoms with E-state index in [2.05, 4.69) is 32.3 Å². The summed E-state index contributed by atoms with van der Waals surface area (Å²) in [5, 5.41) is 13.5. The number of aromatic nitrogens is 5. The first-order valence-electron chi connectivity index (χ1n) is 13.1. The number of nitrogens with zero attached hydrogens (tertiary/aromatic N) is 5. The van der Waals surface area contributed by atoms with E-state index in [1.54, 1.807) is 16.8 Å². The number of H-pyrrole nitrogens is 1. The van der Waals surface area contributed by atoms with Crippen molar-refractivity contribution in [1.29, 1.82) is 0 Å². The molecule has 2 aromatic heterocycles. The molecule has 0 fully saturated rings. The molecule has 5 aromatic rings. The fourth-order valence-electron chi connectivity index (χ4n) is 4.85. The fraction of sp³-hybridized carbons (Fsp3) is 0.267. The number of tetrazole rings is 1. The van der Waals surface area contributed by atoms with Gasteiger partial charge in [-0.25, -0.2) is 9.07 Å². The third kappa shape index (κ3) is 6.21. The fourth-order valence-corrected chi connectivity index (χ4v) is 4.85. The molecule has 0 amide bonds. The number of hydrogen-bond acceptors (Lipinski definition) is 6. The predicted molar refractivity (Wildman–Crippen MR) is 148 cm³/mol. The van der Waals surface area contributed by atoms with Crippen molar-refractivity contribution in [1.82, 2.24) is 30.1 Å². The summed E-state index contributed by atoms with van der Waals surface area (Å²) in [5.41, 5.74) is 3.21. The number of nitrogens with one attached hydrogen (secondary N) is 1. The van der Waals surface area contributed by atoms with Gasteiger partial charge in [-0.2, -0.15) is 0 Å².